The molecule has 0 aliphatic carbocycles. The van der Waals surface area contributed by atoms with Crippen molar-refractivity contribution in [2.45, 2.75) is 60.4 Å². The molecule has 2 heterocycles. The summed E-state index contributed by atoms with van der Waals surface area (Å²) in [6.45, 7) is 13.1. The molecule has 1 aromatic carbocycles. The Balaban J connectivity index is 2.19. The van der Waals surface area contributed by atoms with Gasteiger partial charge in [0.25, 0.3) is 0 Å². The van der Waals surface area contributed by atoms with Crippen molar-refractivity contribution in [1.82, 2.24) is 9.61 Å². The molecule has 0 atom stereocenters. The quantitative estimate of drug-likeness (QED) is 0.635. The molecule has 0 saturated heterocycles. The average molecular weight is 335 g/mol. The smallest absolute Gasteiger partial charge is 0.0885 e. The lowest BCUT2D eigenvalue weighted by molar-refractivity contribution is 0.671. The standard InChI is InChI=1S/C22H29N3/c1-7-18(8-2)23-19-13-17(6)24-25-20(19)9-10-21(25)22-15(4)11-14(3)12-16(22)5/h9-13,18,23H,7-8H2,1-6H3. The van der Waals surface area contributed by atoms with E-state index >= 15 is 0 Å². The second-order valence-corrected chi connectivity index (χ2v) is 7.15. The Kier molecular flexibility index (Phi) is 4.85. The molecule has 3 aromatic rings. The first-order valence-electron chi connectivity index (χ1n) is 9.28. The second kappa shape index (κ2) is 6.91. The van der Waals surface area contributed by atoms with Crippen LogP contribution >= 0.6 is 0 Å². The van der Waals surface area contributed by atoms with E-state index in [1.165, 1.54) is 33.6 Å². The third-order valence-corrected chi connectivity index (χ3v) is 5.02. The number of hydrogen-bond donors (Lipinski definition) is 1. The van der Waals surface area contributed by atoms with E-state index in [0.29, 0.717) is 6.04 Å². The SMILES string of the molecule is CCC(CC)Nc1cc(C)nn2c(-c3c(C)cc(C)cc3C)ccc12. The Bertz CT molecular complexity index is 878. The van der Waals surface area contributed by atoms with Gasteiger partial charge in [0.2, 0.25) is 0 Å². The molecule has 2 aromatic heterocycles. The zero-order valence-corrected chi connectivity index (χ0v) is 16.3. The molecule has 132 valence electrons. The molecule has 0 amide bonds. The zero-order chi connectivity index (χ0) is 18.1. The molecule has 0 bridgehead atoms. The predicted octanol–water partition coefficient (Wildman–Crippen LogP) is 5.84. The zero-order valence-electron chi connectivity index (χ0n) is 16.3. The summed E-state index contributed by atoms with van der Waals surface area (Å²) < 4.78 is 2.10. The first kappa shape index (κ1) is 17.5. The molecule has 0 unspecified atom stereocenters. The van der Waals surface area contributed by atoms with Gasteiger partial charge in [0.15, 0.2) is 0 Å². The first-order chi connectivity index (χ1) is 11.9. The molecular formula is C22H29N3. The number of aryl methyl sites for hydroxylation is 4. The van der Waals surface area contributed by atoms with Gasteiger partial charge in [-0.25, -0.2) is 4.52 Å². The number of nitrogens with zero attached hydrogens (tertiary/aromatic N) is 2. The molecule has 0 radical (unpaired) electrons. The molecule has 3 heteroatoms. The van der Waals surface area contributed by atoms with E-state index in [-0.39, 0.29) is 0 Å². The number of aromatic nitrogens is 2. The summed E-state index contributed by atoms with van der Waals surface area (Å²) in [5.41, 5.74) is 9.71. The number of rotatable bonds is 5. The minimum absolute atomic E-state index is 0.492. The minimum Gasteiger partial charge on any atom is -0.381 e. The summed E-state index contributed by atoms with van der Waals surface area (Å²) in [7, 11) is 0. The van der Waals surface area contributed by atoms with Gasteiger partial charge in [-0.2, -0.15) is 5.10 Å². The van der Waals surface area contributed by atoms with Crippen LogP contribution in [-0.4, -0.2) is 15.7 Å². The molecule has 0 aliphatic rings. The van der Waals surface area contributed by atoms with Crippen LogP contribution in [0.4, 0.5) is 5.69 Å². The van der Waals surface area contributed by atoms with Gasteiger partial charge >= 0.3 is 0 Å². The molecule has 1 N–H and O–H groups in total. The lowest BCUT2D eigenvalue weighted by atomic mass is 9.97. The van der Waals surface area contributed by atoms with E-state index in [2.05, 4.69) is 81.7 Å². The molecule has 3 nitrogen and oxygen atoms in total. The van der Waals surface area contributed by atoms with E-state index in [1.807, 2.05) is 0 Å². The van der Waals surface area contributed by atoms with Crippen molar-refractivity contribution in [3.63, 3.8) is 0 Å². The Hall–Kier alpha value is -2.29. The maximum Gasteiger partial charge on any atom is 0.0885 e. The summed E-state index contributed by atoms with van der Waals surface area (Å²) >= 11 is 0. The number of nitrogens with one attached hydrogen (secondary N) is 1. The van der Waals surface area contributed by atoms with Crippen molar-refractivity contribution < 1.29 is 0 Å². The monoisotopic (exact) mass is 335 g/mol. The lowest BCUT2D eigenvalue weighted by Gasteiger charge is -2.18. The summed E-state index contributed by atoms with van der Waals surface area (Å²) in [5.74, 6) is 0. The maximum absolute atomic E-state index is 4.81. The molecule has 0 aliphatic heterocycles. The van der Waals surface area contributed by atoms with Crippen molar-refractivity contribution in [3.05, 3.63) is 52.7 Å². The van der Waals surface area contributed by atoms with Crippen LogP contribution in [0.3, 0.4) is 0 Å². The van der Waals surface area contributed by atoms with Crippen molar-refractivity contribution in [1.29, 1.82) is 0 Å². The minimum atomic E-state index is 0.492. The fourth-order valence-electron chi connectivity index (χ4n) is 3.81. The molecule has 3 rings (SSSR count). The van der Waals surface area contributed by atoms with Gasteiger partial charge in [0, 0.05) is 11.6 Å². The predicted molar refractivity (Wildman–Crippen MR) is 108 cm³/mol. The highest BCUT2D eigenvalue weighted by atomic mass is 15.2. The Labute approximate surface area is 151 Å². The van der Waals surface area contributed by atoms with Crippen LogP contribution in [-0.2, 0) is 0 Å². The van der Waals surface area contributed by atoms with Crippen molar-refractivity contribution in [2.75, 3.05) is 5.32 Å². The van der Waals surface area contributed by atoms with Gasteiger partial charge in [0.1, 0.15) is 0 Å². The summed E-state index contributed by atoms with van der Waals surface area (Å²) in [6.07, 6.45) is 2.24. The van der Waals surface area contributed by atoms with Gasteiger partial charge in [-0.05, 0) is 69.9 Å². The highest BCUT2D eigenvalue weighted by Gasteiger charge is 2.15. The molecule has 25 heavy (non-hydrogen) atoms. The normalized spacial score (nSPS) is 11.5. The number of benzene rings is 1. The molecule has 0 spiro atoms. The van der Waals surface area contributed by atoms with Crippen molar-refractivity contribution in [2.24, 2.45) is 0 Å². The highest BCUT2D eigenvalue weighted by molar-refractivity contribution is 5.79. The number of fused-ring (bicyclic) bond motifs is 1. The van der Waals surface area contributed by atoms with E-state index in [4.69, 9.17) is 5.10 Å². The van der Waals surface area contributed by atoms with Gasteiger partial charge < -0.3 is 5.32 Å². The summed E-state index contributed by atoms with van der Waals surface area (Å²) in [4.78, 5) is 0. The third-order valence-electron chi connectivity index (χ3n) is 5.02. The Morgan fingerprint density at radius 2 is 1.60 bits per heavy atom. The van der Waals surface area contributed by atoms with Crippen LogP contribution in [0.15, 0.2) is 30.3 Å². The van der Waals surface area contributed by atoms with Gasteiger partial charge in [-0.1, -0.05) is 31.5 Å². The van der Waals surface area contributed by atoms with E-state index in [1.54, 1.807) is 0 Å². The molecule has 0 saturated carbocycles. The van der Waals surface area contributed by atoms with Crippen molar-refractivity contribution >= 4 is 11.2 Å². The maximum atomic E-state index is 4.81. The highest BCUT2D eigenvalue weighted by Crippen LogP contribution is 2.32. The van der Waals surface area contributed by atoms with Crippen LogP contribution in [0.1, 0.15) is 49.1 Å². The largest absolute Gasteiger partial charge is 0.381 e. The summed E-state index contributed by atoms with van der Waals surface area (Å²) in [6, 6.07) is 11.5. The van der Waals surface area contributed by atoms with Gasteiger partial charge in [-0.3, -0.25) is 0 Å². The number of anilines is 1. The van der Waals surface area contributed by atoms with Crippen LogP contribution in [0.25, 0.3) is 16.8 Å². The fraction of sp³-hybridized carbons (Fsp3) is 0.409. The van der Waals surface area contributed by atoms with E-state index < -0.39 is 0 Å². The molecule has 0 fully saturated rings. The third kappa shape index (κ3) is 3.28. The second-order valence-electron chi connectivity index (χ2n) is 7.15. The number of hydrogen-bond acceptors (Lipinski definition) is 2. The van der Waals surface area contributed by atoms with Gasteiger partial charge in [0.05, 0.1) is 22.6 Å². The lowest BCUT2D eigenvalue weighted by Crippen LogP contribution is -2.18. The Morgan fingerprint density at radius 3 is 2.20 bits per heavy atom. The van der Waals surface area contributed by atoms with E-state index in [0.717, 1.165) is 24.1 Å². The van der Waals surface area contributed by atoms with Crippen LogP contribution < -0.4 is 5.32 Å². The molecular weight excluding hydrogens is 306 g/mol. The first-order valence-corrected chi connectivity index (χ1v) is 9.28. The Morgan fingerprint density at radius 1 is 0.960 bits per heavy atom. The topological polar surface area (TPSA) is 29.3 Å². The summed E-state index contributed by atoms with van der Waals surface area (Å²) in [5, 5.41) is 8.52. The van der Waals surface area contributed by atoms with Crippen LogP contribution in [0.5, 0.6) is 0 Å². The fourth-order valence-corrected chi connectivity index (χ4v) is 3.81. The van der Waals surface area contributed by atoms with Crippen LogP contribution in [0.2, 0.25) is 0 Å². The van der Waals surface area contributed by atoms with Gasteiger partial charge in [-0.15, -0.1) is 0 Å². The van der Waals surface area contributed by atoms with Crippen molar-refractivity contribution in [3.8, 4) is 11.3 Å². The van der Waals surface area contributed by atoms with Crippen LogP contribution in [0, 0.1) is 27.7 Å². The average Bonchev–Trinajstić information content (AvgIpc) is 2.95. The van der Waals surface area contributed by atoms with E-state index in [9.17, 15) is 0 Å².